The van der Waals surface area contributed by atoms with Crippen molar-refractivity contribution in [3.63, 3.8) is 0 Å². The van der Waals surface area contributed by atoms with Crippen LogP contribution < -0.4 is 10.6 Å². The van der Waals surface area contributed by atoms with Gasteiger partial charge in [-0.25, -0.2) is 0 Å². The molecule has 3 heterocycles. The molecule has 3 unspecified atom stereocenters. The third kappa shape index (κ3) is 2.78. The van der Waals surface area contributed by atoms with E-state index in [1.807, 2.05) is 36.4 Å². The molecule has 2 N–H and O–H groups in total. The Morgan fingerprint density at radius 2 is 2.09 bits per heavy atom. The number of furan rings is 1. The molecule has 2 saturated heterocycles. The molecule has 5 heteroatoms. The first-order chi connectivity index (χ1) is 10.8. The average molecular weight is 314 g/mol. The molecule has 2 aliphatic heterocycles. The number of carbonyl (C=O) groups excluding carboxylic acids is 1. The molecule has 2 aromatic rings. The Morgan fingerprint density at radius 1 is 1.23 bits per heavy atom. The van der Waals surface area contributed by atoms with Crippen molar-refractivity contribution in [2.24, 2.45) is 0 Å². The van der Waals surface area contributed by atoms with Crippen molar-refractivity contribution in [2.45, 2.75) is 47.4 Å². The summed E-state index contributed by atoms with van der Waals surface area (Å²) < 4.78 is 5.31. The molecule has 22 heavy (non-hydrogen) atoms. The summed E-state index contributed by atoms with van der Waals surface area (Å²) in [4.78, 5) is 13.4. The van der Waals surface area contributed by atoms with Crippen LogP contribution in [0.1, 0.15) is 29.6 Å². The van der Waals surface area contributed by atoms with E-state index in [4.69, 9.17) is 4.42 Å². The van der Waals surface area contributed by atoms with E-state index in [2.05, 4.69) is 10.6 Å². The zero-order valence-electron chi connectivity index (χ0n) is 12.1. The zero-order chi connectivity index (χ0) is 14.9. The van der Waals surface area contributed by atoms with Crippen LogP contribution in [0.2, 0.25) is 0 Å². The Hall–Kier alpha value is -1.72. The molecule has 1 aromatic heterocycles. The molecule has 2 aliphatic rings. The zero-order valence-corrected chi connectivity index (χ0v) is 12.9. The number of amides is 1. The monoisotopic (exact) mass is 314 g/mol. The van der Waals surface area contributed by atoms with Crippen LogP contribution in [-0.2, 0) is 0 Å². The number of nitrogens with one attached hydrogen (secondary N) is 2. The Kier molecular flexibility index (Phi) is 3.68. The summed E-state index contributed by atoms with van der Waals surface area (Å²) in [6.07, 6.45) is 5.14. The van der Waals surface area contributed by atoms with Gasteiger partial charge in [0.25, 0.3) is 5.91 Å². The van der Waals surface area contributed by atoms with Crippen molar-refractivity contribution >= 4 is 17.7 Å². The van der Waals surface area contributed by atoms with Gasteiger partial charge in [-0.1, -0.05) is 11.8 Å². The van der Waals surface area contributed by atoms with Gasteiger partial charge >= 0.3 is 0 Å². The van der Waals surface area contributed by atoms with E-state index in [-0.39, 0.29) is 11.9 Å². The van der Waals surface area contributed by atoms with Crippen LogP contribution in [0.5, 0.6) is 0 Å². The highest BCUT2D eigenvalue weighted by molar-refractivity contribution is 7.99. The van der Waals surface area contributed by atoms with Gasteiger partial charge in [-0.15, -0.1) is 0 Å². The van der Waals surface area contributed by atoms with Crippen molar-refractivity contribution in [2.75, 3.05) is 0 Å². The largest absolute Gasteiger partial charge is 0.458 e. The standard InChI is InChI=1S/C17H18N2O2S/c20-17(19-15-10-12-5-8-14(15)18-12)11-3-6-13(7-4-11)22-16-2-1-9-21-16/h1-4,6-7,9,12,14-15,18H,5,8,10H2,(H,19,20). The third-order valence-corrected chi connectivity index (χ3v) is 5.39. The highest BCUT2D eigenvalue weighted by Gasteiger charge is 2.39. The lowest BCUT2D eigenvalue weighted by Gasteiger charge is -2.21. The van der Waals surface area contributed by atoms with Crippen LogP contribution in [0.3, 0.4) is 0 Å². The maximum atomic E-state index is 12.3. The summed E-state index contributed by atoms with van der Waals surface area (Å²) >= 11 is 1.55. The van der Waals surface area contributed by atoms with Crippen LogP contribution in [0.4, 0.5) is 0 Å². The average Bonchev–Trinajstić information content (AvgIpc) is 3.25. The summed E-state index contributed by atoms with van der Waals surface area (Å²) in [5, 5.41) is 7.56. The number of hydrogen-bond acceptors (Lipinski definition) is 4. The SMILES string of the molecule is O=C(NC1CC2CCC1N2)c1ccc(Sc2ccco2)cc1. The van der Waals surface area contributed by atoms with E-state index in [9.17, 15) is 4.79 Å². The van der Waals surface area contributed by atoms with E-state index >= 15 is 0 Å². The van der Waals surface area contributed by atoms with Crippen molar-refractivity contribution in [3.8, 4) is 0 Å². The van der Waals surface area contributed by atoms with Gasteiger partial charge in [-0.2, -0.15) is 0 Å². The summed E-state index contributed by atoms with van der Waals surface area (Å²) in [5.74, 6) is 0.0221. The second-order valence-electron chi connectivity index (χ2n) is 5.92. The fraction of sp³-hybridized carbons (Fsp3) is 0.353. The number of carbonyl (C=O) groups is 1. The van der Waals surface area contributed by atoms with Gasteiger partial charge in [0.05, 0.1) is 6.26 Å². The normalized spacial score (nSPS) is 26.3. The minimum Gasteiger partial charge on any atom is -0.458 e. The van der Waals surface area contributed by atoms with Crippen molar-refractivity contribution in [1.29, 1.82) is 0 Å². The van der Waals surface area contributed by atoms with Crippen molar-refractivity contribution in [3.05, 3.63) is 48.2 Å². The lowest BCUT2D eigenvalue weighted by molar-refractivity contribution is 0.0931. The molecule has 1 aromatic carbocycles. The second kappa shape index (κ2) is 5.82. The van der Waals surface area contributed by atoms with Gasteiger partial charge in [0, 0.05) is 28.6 Å². The topological polar surface area (TPSA) is 54.3 Å². The Labute approximate surface area is 133 Å². The summed E-state index contributed by atoms with van der Waals surface area (Å²) in [5.41, 5.74) is 0.714. The molecule has 2 bridgehead atoms. The maximum absolute atomic E-state index is 12.3. The molecule has 1 amide bonds. The van der Waals surface area contributed by atoms with Gasteiger partial charge in [0.1, 0.15) is 0 Å². The molecular weight excluding hydrogens is 296 g/mol. The summed E-state index contributed by atoms with van der Waals surface area (Å²) in [7, 11) is 0. The lowest BCUT2D eigenvalue weighted by atomic mass is 9.95. The van der Waals surface area contributed by atoms with Crippen LogP contribution in [0.25, 0.3) is 0 Å². The quantitative estimate of drug-likeness (QED) is 0.911. The Bertz CT molecular complexity index is 654. The number of fused-ring (bicyclic) bond motifs is 2. The van der Waals surface area contributed by atoms with Crippen LogP contribution in [-0.4, -0.2) is 24.0 Å². The molecule has 3 atom stereocenters. The summed E-state index contributed by atoms with van der Waals surface area (Å²) in [6, 6.07) is 12.8. The lowest BCUT2D eigenvalue weighted by Crippen LogP contribution is -2.42. The van der Waals surface area contributed by atoms with Gasteiger partial charge in [0.15, 0.2) is 5.09 Å². The van der Waals surface area contributed by atoms with Gasteiger partial charge in [0.2, 0.25) is 0 Å². The number of benzene rings is 1. The van der Waals surface area contributed by atoms with Gasteiger partial charge < -0.3 is 15.1 Å². The van der Waals surface area contributed by atoms with Crippen LogP contribution in [0.15, 0.2) is 57.1 Å². The molecule has 4 rings (SSSR count). The minimum absolute atomic E-state index is 0.0221. The van der Waals surface area contributed by atoms with Crippen LogP contribution >= 0.6 is 11.8 Å². The predicted octanol–water partition coefficient (Wildman–Crippen LogP) is 3.05. The van der Waals surface area contributed by atoms with Gasteiger partial charge in [-0.3, -0.25) is 4.79 Å². The number of rotatable bonds is 4. The fourth-order valence-electron chi connectivity index (χ4n) is 3.35. The highest BCUT2D eigenvalue weighted by Crippen LogP contribution is 2.29. The van der Waals surface area contributed by atoms with E-state index in [1.54, 1.807) is 18.0 Å². The number of hydrogen-bond donors (Lipinski definition) is 2. The Balaban J connectivity index is 1.38. The van der Waals surface area contributed by atoms with Gasteiger partial charge in [-0.05, 0) is 55.7 Å². The molecule has 0 radical (unpaired) electrons. The molecule has 0 aliphatic carbocycles. The molecule has 4 nitrogen and oxygen atoms in total. The highest BCUT2D eigenvalue weighted by atomic mass is 32.2. The maximum Gasteiger partial charge on any atom is 0.251 e. The minimum atomic E-state index is 0.0221. The van der Waals surface area contributed by atoms with E-state index in [1.165, 1.54) is 12.8 Å². The predicted molar refractivity (Wildman–Crippen MR) is 85.1 cm³/mol. The molecule has 114 valence electrons. The van der Waals surface area contributed by atoms with E-state index < -0.39 is 0 Å². The smallest absolute Gasteiger partial charge is 0.251 e. The third-order valence-electron chi connectivity index (χ3n) is 4.45. The molecule has 0 saturated carbocycles. The first kappa shape index (κ1) is 13.9. The van der Waals surface area contributed by atoms with Crippen molar-refractivity contribution < 1.29 is 9.21 Å². The molecule has 2 fully saturated rings. The Morgan fingerprint density at radius 3 is 2.73 bits per heavy atom. The first-order valence-electron chi connectivity index (χ1n) is 7.66. The van der Waals surface area contributed by atoms with E-state index in [0.717, 1.165) is 16.4 Å². The van der Waals surface area contributed by atoms with Crippen molar-refractivity contribution in [1.82, 2.24) is 10.6 Å². The van der Waals surface area contributed by atoms with E-state index in [0.29, 0.717) is 17.6 Å². The fourth-order valence-corrected chi connectivity index (χ4v) is 4.10. The molecule has 0 spiro atoms. The second-order valence-corrected chi connectivity index (χ2v) is 7.00. The summed E-state index contributed by atoms with van der Waals surface area (Å²) in [6.45, 7) is 0. The first-order valence-corrected chi connectivity index (χ1v) is 8.48. The molecular formula is C17H18N2O2S. The van der Waals surface area contributed by atoms with Crippen LogP contribution in [0, 0.1) is 0 Å².